The third-order valence-electron chi connectivity index (χ3n) is 5.99. The molecule has 7 nitrogen and oxygen atoms in total. The smallest absolute Gasteiger partial charge is 0.250 e. The zero-order valence-corrected chi connectivity index (χ0v) is 19.2. The van der Waals surface area contributed by atoms with Crippen molar-refractivity contribution >= 4 is 33.7 Å². The Balaban J connectivity index is 1.54. The van der Waals surface area contributed by atoms with Gasteiger partial charge in [0.2, 0.25) is 17.7 Å². The van der Waals surface area contributed by atoms with Crippen LogP contribution in [0.2, 0.25) is 0 Å². The molecule has 1 N–H and O–H groups in total. The number of halogens is 1. The summed E-state index contributed by atoms with van der Waals surface area (Å²) in [7, 11) is 0. The fraction of sp³-hybridized carbons (Fsp3) is 0.435. The Morgan fingerprint density at radius 3 is 2.61 bits per heavy atom. The van der Waals surface area contributed by atoms with Crippen LogP contribution in [0.5, 0.6) is 0 Å². The number of nitrogens with one attached hydrogen (secondary N) is 1. The highest BCUT2D eigenvalue weighted by molar-refractivity contribution is 9.10. The van der Waals surface area contributed by atoms with Crippen LogP contribution in [0, 0.1) is 0 Å². The molecule has 8 heteroatoms. The minimum Gasteiger partial charge on any atom is -0.349 e. The van der Waals surface area contributed by atoms with Crippen molar-refractivity contribution in [2.75, 3.05) is 13.1 Å². The maximum absolute atomic E-state index is 13.5. The van der Waals surface area contributed by atoms with Gasteiger partial charge in [0.15, 0.2) is 0 Å². The van der Waals surface area contributed by atoms with Gasteiger partial charge in [-0.2, -0.15) is 0 Å². The molecule has 2 unspecified atom stereocenters. The number of carbonyl (C=O) groups is 3. The molecule has 0 saturated carbocycles. The van der Waals surface area contributed by atoms with Gasteiger partial charge < -0.3 is 19.7 Å². The lowest BCUT2D eigenvalue weighted by molar-refractivity contribution is -0.146. The van der Waals surface area contributed by atoms with Crippen LogP contribution < -0.4 is 5.32 Å². The van der Waals surface area contributed by atoms with Crippen molar-refractivity contribution in [2.24, 2.45) is 0 Å². The average Bonchev–Trinajstić information content (AvgIpc) is 3.33. The lowest BCUT2D eigenvalue weighted by Crippen LogP contribution is -2.51. The third-order valence-corrected chi connectivity index (χ3v) is 6.43. The number of nitrogens with zero attached hydrogens (tertiary/aromatic N) is 3. The molecule has 1 saturated heterocycles. The quantitative estimate of drug-likeness (QED) is 0.721. The number of hydrogen-bond acceptors (Lipinski definition) is 3. The fourth-order valence-corrected chi connectivity index (χ4v) is 5.06. The molecule has 0 spiro atoms. The summed E-state index contributed by atoms with van der Waals surface area (Å²) >= 11 is 3.52. The van der Waals surface area contributed by atoms with Gasteiger partial charge in [0.25, 0.3) is 0 Å². The van der Waals surface area contributed by atoms with Gasteiger partial charge in [-0.1, -0.05) is 30.3 Å². The van der Waals surface area contributed by atoms with Crippen molar-refractivity contribution in [3.8, 4) is 0 Å². The highest BCUT2D eigenvalue weighted by atomic mass is 79.9. The van der Waals surface area contributed by atoms with Crippen LogP contribution >= 0.6 is 15.9 Å². The molecule has 2 aliphatic rings. The van der Waals surface area contributed by atoms with E-state index in [-0.39, 0.29) is 17.7 Å². The highest BCUT2D eigenvalue weighted by Crippen LogP contribution is 2.27. The zero-order valence-electron chi connectivity index (χ0n) is 17.6. The van der Waals surface area contributed by atoms with Crippen molar-refractivity contribution in [1.29, 1.82) is 0 Å². The van der Waals surface area contributed by atoms with Gasteiger partial charge in [-0.25, -0.2) is 0 Å². The molecule has 1 aromatic heterocycles. The summed E-state index contributed by atoms with van der Waals surface area (Å²) in [6, 6.07) is 9.98. The number of fused-ring (bicyclic) bond motifs is 1. The molecule has 4 rings (SSSR count). The van der Waals surface area contributed by atoms with E-state index in [0.29, 0.717) is 26.1 Å². The van der Waals surface area contributed by atoms with E-state index in [1.165, 1.54) is 6.92 Å². The van der Waals surface area contributed by atoms with Gasteiger partial charge in [0.05, 0.1) is 6.54 Å². The van der Waals surface area contributed by atoms with Gasteiger partial charge in [-0.15, -0.1) is 0 Å². The second-order valence-corrected chi connectivity index (χ2v) is 9.11. The number of rotatable bonds is 4. The molecular weight excluding hydrogens is 460 g/mol. The summed E-state index contributed by atoms with van der Waals surface area (Å²) in [5.41, 5.74) is 1.81. The predicted molar refractivity (Wildman–Crippen MR) is 120 cm³/mol. The molecule has 164 valence electrons. The van der Waals surface area contributed by atoms with Crippen LogP contribution in [-0.2, 0) is 27.5 Å². The minimum atomic E-state index is -0.788. The minimum absolute atomic E-state index is 0.00809. The van der Waals surface area contributed by atoms with E-state index < -0.39 is 12.1 Å². The monoisotopic (exact) mass is 486 g/mol. The first-order chi connectivity index (χ1) is 14.9. The topological polar surface area (TPSA) is 74.7 Å². The van der Waals surface area contributed by atoms with Crippen LogP contribution in [0.4, 0.5) is 0 Å². The molecule has 3 heterocycles. The Hall–Kier alpha value is -2.61. The zero-order chi connectivity index (χ0) is 22.0. The van der Waals surface area contributed by atoms with Crippen LogP contribution in [0.3, 0.4) is 0 Å². The first kappa shape index (κ1) is 21.6. The molecule has 2 aliphatic heterocycles. The van der Waals surface area contributed by atoms with E-state index in [9.17, 15) is 14.4 Å². The van der Waals surface area contributed by atoms with Crippen LogP contribution in [0.15, 0.2) is 47.1 Å². The summed E-state index contributed by atoms with van der Waals surface area (Å²) in [6.07, 6.45) is 4.35. The molecular formula is C23H27BrN4O3. The van der Waals surface area contributed by atoms with E-state index in [2.05, 4.69) is 25.8 Å². The SMILES string of the molecule is CC(=O)NC(C(=O)N1CCCC1C(=O)N1CCCn2cc(Br)cc2C1)c1ccccc1. The maximum atomic E-state index is 13.5. The Labute approximate surface area is 190 Å². The van der Waals surface area contributed by atoms with Crippen LogP contribution in [0.25, 0.3) is 0 Å². The predicted octanol–water partition coefficient (Wildman–Crippen LogP) is 2.85. The first-order valence-corrected chi connectivity index (χ1v) is 11.5. The highest BCUT2D eigenvalue weighted by Gasteiger charge is 2.40. The molecule has 2 aromatic rings. The Morgan fingerprint density at radius 1 is 1.10 bits per heavy atom. The lowest BCUT2D eigenvalue weighted by Gasteiger charge is -2.32. The number of amides is 3. The standard InChI is InChI=1S/C23H27BrN4O3/c1-16(29)25-21(17-7-3-2-4-8-17)23(31)28-12-5-9-20(28)22(30)27-11-6-10-26-14-18(24)13-19(26)15-27/h2-4,7-8,13-14,20-21H,5-6,9-12,15H2,1H3,(H,25,29). The second kappa shape index (κ2) is 9.26. The Kier molecular flexibility index (Phi) is 6.46. The van der Waals surface area contributed by atoms with Gasteiger partial charge in [-0.05, 0) is 46.8 Å². The molecule has 1 fully saturated rings. The van der Waals surface area contributed by atoms with Gasteiger partial charge in [0, 0.05) is 42.9 Å². The number of carbonyl (C=O) groups excluding carboxylic acids is 3. The second-order valence-electron chi connectivity index (χ2n) is 8.19. The van der Waals surface area contributed by atoms with Crippen LogP contribution in [-0.4, -0.2) is 51.2 Å². The molecule has 0 aliphatic carbocycles. The van der Waals surface area contributed by atoms with Crippen molar-refractivity contribution in [2.45, 2.75) is 51.4 Å². The summed E-state index contributed by atoms with van der Waals surface area (Å²) in [4.78, 5) is 42.3. The van der Waals surface area contributed by atoms with Gasteiger partial charge >= 0.3 is 0 Å². The number of aromatic nitrogens is 1. The molecule has 0 radical (unpaired) electrons. The summed E-state index contributed by atoms with van der Waals surface area (Å²) in [5, 5.41) is 2.77. The number of hydrogen-bond donors (Lipinski definition) is 1. The number of aryl methyl sites for hydroxylation is 1. The molecule has 3 amide bonds. The summed E-state index contributed by atoms with van der Waals surface area (Å²) in [6.45, 7) is 4.01. The fourth-order valence-electron chi connectivity index (χ4n) is 4.55. The van der Waals surface area contributed by atoms with Crippen molar-refractivity contribution in [3.05, 3.63) is 58.3 Å². The van der Waals surface area contributed by atoms with Gasteiger partial charge in [-0.3, -0.25) is 14.4 Å². The van der Waals surface area contributed by atoms with E-state index in [4.69, 9.17) is 0 Å². The van der Waals surface area contributed by atoms with Crippen molar-refractivity contribution < 1.29 is 14.4 Å². The Morgan fingerprint density at radius 2 is 1.87 bits per heavy atom. The number of likely N-dealkylation sites (tertiary alicyclic amines) is 1. The Bertz CT molecular complexity index is 974. The first-order valence-electron chi connectivity index (χ1n) is 10.7. The lowest BCUT2D eigenvalue weighted by atomic mass is 10.0. The summed E-state index contributed by atoms with van der Waals surface area (Å²) < 4.78 is 3.19. The van der Waals surface area contributed by atoms with E-state index in [1.807, 2.05) is 47.5 Å². The van der Waals surface area contributed by atoms with E-state index >= 15 is 0 Å². The number of benzene rings is 1. The van der Waals surface area contributed by atoms with Crippen LogP contribution in [0.1, 0.15) is 43.5 Å². The van der Waals surface area contributed by atoms with Crippen molar-refractivity contribution in [3.63, 3.8) is 0 Å². The molecule has 0 bridgehead atoms. The van der Waals surface area contributed by atoms with E-state index in [1.54, 1.807) is 4.90 Å². The largest absolute Gasteiger partial charge is 0.349 e. The van der Waals surface area contributed by atoms with Crippen molar-refractivity contribution in [1.82, 2.24) is 19.7 Å². The summed E-state index contributed by atoms with van der Waals surface area (Å²) in [5.74, 6) is -0.507. The molecule has 2 atom stereocenters. The average molecular weight is 487 g/mol. The normalized spacial score (nSPS) is 19.5. The maximum Gasteiger partial charge on any atom is 0.250 e. The van der Waals surface area contributed by atoms with E-state index in [0.717, 1.165) is 35.1 Å². The molecule has 1 aromatic carbocycles. The molecule has 31 heavy (non-hydrogen) atoms. The third kappa shape index (κ3) is 4.69. The van der Waals surface area contributed by atoms with Gasteiger partial charge in [0.1, 0.15) is 12.1 Å².